The van der Waals surface area contributed by atoms with E-state index in [1.54, 1.807) is 0 Å². The molecule has 10 heavy (non-hydrogen) atoms. The summed E-state index contributed by atoms with van der Waals surface area (Å²) in [6.45, 7) is 0. The number of hydrogen-bond acceptors (Lipinski definition) is 3. The Morgan fingerprint density at radius 2 is 2.40 bits per heavy atom. The van der Waals surface area contributed by atoms with E-state index in [0.717, 1.165) is 0 Å². The highest BCUT2D eigenvalue weighted by Crippen LogP contribution is 2.00. The highest BCUT2D eigenvalue weighted by molar-refractivity contribution is 6.29. The van der Waals surface area contributed by atoms with E-state index in [-0.39, 0.29) is 11.0 Å². The molecule has 4 nitrogen and oxygen atoms in total. The van der Waals surface area contributed by atoms with Crippen molar-refractivity contribution in [3.63, 3.8) is 0 Å². The van der Waals surface area contributed by atoms with E-state index >= 15 is 0 Å². The number of rotatable bonds is 1. The van der Waals surface area contributed by atoms with Gasteiger partial charge in [0.25, 0.3) is 5.91 Å². The number of primary amides is 1. The summed E-state index contributed by atoms with van der Waals surface area (Å²) < 4.78 is 0. The third-order valence-electron chi connectivity index (χ3n) is 0.842. The van der Waals surface area contributed by atoms with E-state index in [9.17, 15) is 4.79 Å². The number of aromatic nitrogens is 2. The van der Waals surface area contributed by atoms with Gasteiger partial charge in [0.05, 0.1) is 0 Å². The lowest BCUT2D eigenvalue weighted by Gasteiger charge is -1.91. The standard InChI is InChI=1S/C5H4ClN3O/c6-3-1-2-8-5(9-3)4(7)10/h1-2H,(H2,7,10). The van der Waals surface area contributed by atoms with Crippen molar-refractivity contribution >= 4 is 17.5 Å². The van der Waals surface area contributed by atoms with Crippen molar-refractivity contribution in [3.05, 3.63) is 23.2 Å². The zero-order chi connectivity index (χ0) is 7.56. The van der Waals surface area contributed by atoms with Crippen molar-refractivity contribution < 1.29 is 4.79 Å². The Bertz CT molecular complexity index is 263. The third-order valence-corrected chi connectivity index (χ3v) is 1.05. The molecule has 1 aromatic heterocycles. The average molecular weight is 158 g/mol. The summed E-state index contributed by atoms with van der Waals surface area (Å²) in [7, 11) is 0. The summed E-state index contributed by atoms with van der Waals surface area (Å²) in [6, 6.07) is 1.47. The molecule has 0 radical (unpaired) electrons. The second-order valence-corrected chi connectivity index (χ2v) is 1.95. The molecule has 0 aromatic carbocycles. The molecule has 1 aromatic rings. The summed E-state index contributed by atoms with van der Waals surface area (Å²) >= 11 is 5.43. The molecule has 1 amide bonds. The lowest BCUT2D eigenvalue weighted by molar-refractivity contribution is 0.0990. The molecule has 0 atom stereocenters. The highest BCUT2D eigenvalue weighted by Gasteiger charge is 2.01. The van der Waals surface area contributed by atoms with Crippen LogP contribution in [0.3, 0.4) is 0 Å². The van der Waals surface area contributed by atoms with Crippen LogP contribution in [0.4, 0.5) is 0 Å². The molecule has 0 aliphatic carbocycles. The summed E-state index contributed by atoms with van der Waals surface area (Å²) in [5.74, 6) is -0.741. The van der Waals surface area contributed by atoms with Gasteiger partial charge in [-0.3, -0.25) is 4.79 Å². The lowest BCUT2D eigenvalue weighted by Crippen LogP contribution is -2.14. The van der Waals surface area contributed by atoms with Crippen molar-refractivity contribution in [2.75, 3.05) is 0 Å². The van der Waals surface area contributed by atoms with Crippen molar-refractivity contribution in [2.24, 2.45) is 5.73 Å². The van der Waals surface area contributed by atoms with Crippen LogP contribution in [0.5, 0.6) is 0 Å². The summed E-state index contributed by atoms with van der Waals surface area (Å²) in [5.41, 5.74) is 4.86. The fourth-order valence-corrected chi connectivity index (χ4v) is 0.592. The fraction of sp³-hybridized carbons (Fsp3) is 0. The first-order valence-electron chi connectivity index (χ1n) is 2.48. The van der Waals surface area contributed by atoms with Gasteiger partial charge < -0.3 is 5.73 Å². The van der Waals surface area contributed by atoms with Crippen molar-refractivity contribution in [2.45, 2.75) is 0 Å². The van der Waals surface area contributed by atoms with Gasteiger partial charge in [-0.2, -0.15) is 0 Å². The van der Waals surface area contributed by atoms with Crippen LogP contribution in [-0.2, 0) is 0 Å². The Morgan fingerprint density at radius 1 is 1.70 bits per heavy atom. The molecule has 1 heterocycles. The van der Waals surface area contributed by atoms with Crippen molar-refractivity contribution in [1.29, 1.82) is 0 Å². The average Bonchev–Trinajstić information content (AvgIpc) is 1.88. The molecule has 0 unspecified atom stereocenters. The van der Waals surface area contributed by atoms with Crippen molar-refractivity contribution in [3.8, 4) is 0 Å². The van der Waals surface area contributed by atoms with Crippen LogP contribution < -0.4 is 5.73 Å². The molecule has 0 aliphatic heterocycles. The van der Waals surface area contributed by atoms with Gasteiger partial charge in [0.1, 0.15) is 5.15 Å². The first kappa shape index (κ1) is 6.95. The van der Waals surface area contributed by atoms with Crippen LogP contribution in [-0.4, -0.2) is 15.9 Å². The van der Waals surface area contributed by atoms with E-state index in [1.807, 2.05) is 0 Å². The van der Waals surface area contributed by atoms with E-state index in [1.165, 1.54) is 12.3 Å². The molecule has 0 aliphatic rings. The molecular formula is C5H4ClN3O. The molecule has 2 N–H and O–H groups in total. The second-order valence-electron chi connectivity index (χ2n) is 1.57. The van der Waals surface area contributed by atoms with E-state index in [4.69, 9.17) is 17.3 Å². The zero-order valence-corrected chi connectivity index (χ0v) is 5.67. The molecule has 0 saturated heterocycles. The minimum Gasteiger partial charge on any atom is -0.363 e. The first-order valence-corrected chi connectivity index (χ1v) is 2.86. The largest absolute Gasteiger partial charge is 0.363 e. The molecule has 52 valence electrons. The molecule has 0 saturated carbocycles. The van der Waals surface area contributed by atoms with Gasteiger partial charge in [-0.25, -0.2) is 9.97 Å². The smallest absolute Gasteiger partial charge is 0.286 e. The maximum atomic E-state index is 10.4. The van der Waals surface area contributed by atoms with E-state index < -0.39 is 5.91 Å². The van der Waals surface area contributed by atoms with Crippen molar-refractivity contribution in [1.82, 2.24) is 9.97 Å². The van der Waals surface area contributed by atoms with Crippen LogP contribution >= 0.6 is 11.6 Å². The minimum atomic E-state index is -0.678. The van der Waals surface area contributed by atoms with Gasteiger partial charge in [0.15, 0.2) is 0 Å². The van der Waals surface area contributed by atoms with Gasteiger partial charge in [0.2, 0.25) is 5.82 Å². The molecular weight excluding hydrogens is 154 g/mol. The number of carbonyl (C=O) groups is 1. The number of halogens is 1. The zero-order valence-electron chi connectivity index (χ0n) is 4.91. The number of nitrogens with two attached hydrogens (primary N) is 1. The highest BCUT2D eigenvalue weighted by atomic mass is 35.5. The van der Waals surface area contributed by atoms with Gasteiger partial charge in [0, 0.05) is 6.20 Å². The summed E-state index contributed by atoms with van der Waals surface area (Å²) in [4.78, 5) is 17.5. The molecule has 1 rings (SSSR count). The topological polar surface area (TPSA) is 68.9 Å². The number of hydrogen-bond donors (Lipinski definition) is 1. The Kier molecular flexibility index (Phi) is 1.82. The summed E-state index contributed by atoms with van der Waals surface area (Å²) in [5, 5.41) is 0.212. The van der Waals surface area contributed by atoms with Gasteiger partial charge in [-0.15, -0.1) is 0 Å². The Balaban J connectivity index is 3.07. The SMILES string of the molecule is NC(=O)c1nccc(Cl)n1. The maximum Gasteiger partial charge on any atom is 0.286 e. The van der Waals surface area contributed by atoms with E-state index in [2.05, 4.69) is 9.97 Å². The fourth-order valence-electron chi connectivity index (χ4n) is 0.455. The molecule has 0 fully saturated rings. The number of nitrogens with zero attached hydrogens (tertiary/aromatic N) is 2. The number of carbonyl (C=O) groups excluding carboxylic acids is 1. The second kappa shape index (κ2) is 2.62. The Hall–Kier alpha value is -1.16. The first-order chi connectivity index (χ1) is 4.70. The van der Waals surface area contributed by atoms with Crippen LogP contribution in [0.25, 0.3) is 0 Å². The monoisotopic (exact) mass is 157 g/mol. The maximum absolute atomic E-state index is 10.4. The Morgan fingerprint density at radius 3 is 2.80 bits per heavy atom. The number of amides is 1. The van der Waals surface area contributed by atoms with Gasteiger partial charge in [-0.05, 0) is 6.07 Å². The van der Waals surface area contributed by atoms with Crippen LogP contribution in [0, 0.1) is 0 Å². The third kappa shape index (κ3) is 1.41. The quantitative estimate of drug-likeness (QED) is 0.594. The van der Waals surface area contributed by atoms with Crippen LogP contribution in [0.15, 0.2) is 12.3 Å². The lowest BCUT2D eigenvalue weighted by atomic mass is 10.5. The van der Waals surface area contributed by atoms with E-state index in [0.29, 0.717) is 0 Å². The van der Waals surface area contributed by atoms with Crippen LogP contribution in [0.2, 0.25) is 5.15 Å². The predicted octanol–water partition coefficient (Wildman–Crippen LogP) is 0.229. The molecule has 0 spiro atoms. The molecule has 5 heteroatoms. The van der Waals surface area contributed by atoms with Crippen LogP contribution in [0.1, 0.15) is 10.6 Å². The predicted molar refractivity (Wildman–Crippen MR) is 35.6 cm³/mol. The summed E-state index contributed by atoms with van der Waals surface area (Å²) in [6.07, 6.45) is 1.37. The minimum absolute atomic E-state index is 0.0625. The van der Waals surface area contributed by atoms with Gasteiger partial charge in [-0.1, -0.05) is 11.6 Å². The Labute approximate surface area is 62.0 Å². The normalized spacial score (nSPS) is 9.30. The molecule has 0 bridgehead atoms. The van der Waals surface area contributed by atoms with Gasteiger partial charge >= 0.3 is 0 Å².